The van der Waals surface area contributed by atoms with Crippen LogP contribution < -0.4 is 10.1 Å². The van der Waals surface area contributed by atoms with Gasteiger partial charge in [0.05, 0.1) is 22.1 Å². The van der Waals surface area contributed by atoms with E-state index >= 15 is 0 Å². The molecule has 2 aromatic carbocycles. The molecular weight excluding hydrogens is 377 g/mol. The monoisotopic (exact) mass is 390 g/mol. The normalized spacial score (nSPS) is 12.5. The van der Waals surface area contributed by atoms with Gasteiger partial charge >= 0.3 is 6.18 Å². The van der Waals surface area contributed by atoms with Crippen LogP contribution in [0.3, 0.4) is 0 Å². The van der Waals surface area contributed by atoms with Gasteiger partial charge in [-0.05, 0) is 31.2 Å². The minimum atomic E-state index is -4.53. The van der Waals surface area contributed by atoms with Crippen molar-refractivity contribution in [3.05, 3.63) is 57.1 Å². The summed E-state index contributed by atoms with van der Waals surface area (Å²) in [5, 5.41) is 22.7. The average molecular weight is 391 g/mol. The van der Waals surface area contributed by atoms with Crippen LogP contribution in [0.25, 0.3) is 0 Å². The van der Waals surface area contributed by atoms with Gasteiger partial charge in [0.1, 0.15) is 17.2 Å². The molecule has 0 saturated carbocycles. The van der Waals surface area contributed by atoms with Gasteiger partial charge in [0, 0.05) is 18.2 Å². The fourth-order valence-electron chi connectivity index (χ4n) is 2.05. The molecule has 0 bridgehead atoms. The summed E-state index contributed by atoms with van der Waals surface area (Å²) in [4.78, 5) is 10.5. The molecule has 1 unspecified atom stereocenters. The third kappa shape index (κ3) is 4.77. The number of aliphatic hydroxyl groups excluding tert-OH is 1. The Hall–Kier alpha value is -2.52. The first-order valence-electron chi connectivity index (χ1n) is 7.32. The number of benzene rings is 2. The predicted molar refractivity (Wildman–Crippen MR) is 89.8 cm³/mol. The van der Waals surface area contributed by atoms with Gasteiger partial charge in [0.25, 0.3) is 5.69 Å². The van der Waals surface area contributed by atoms with Crippen molar-refractivity contribution in [2.45, 2.75) is 19.1 Å². The number of halogens is 4. The van der Waals surface area contributed by atoms with E-state index in [-0.39, 0.29) is 34.5 Å². The lowest BCUT2D eigenvalue weighted by atomic mass is 10.2. The number of rotatable bonds is 6. The molecule has 0 radical (unpaired) electrons. The first-order valence-corrected chi connectivity index (χ1v) is 7.70. The highest BCUT2D eigenvalue weighted by Crippen LogP contribution is 2.38. The molecule has 140 valence electrons. The van der Waals surface area contributed by atoms with Crippen molar-refractivity contribution in [2.24, 2.45) is 0 Å². The third-order valence-electron chi connectivity index (χ3n) is 3.33. The summed E-state index contributed by atoms with van der Waals surface area (Å²) in [5.41, 5.74) is -1.06. The Morgan fingerprint density at radius 2 is 2.00 bits per heavy atom. The van der Waals surface area contributed by atoms with Crippen LogP contribution in [0.15, 0.2) is 36.4 Å². The molecular formula is C16H14ClF3N2O4. The van der Waals surface area contributed by atoms with Crippen LogP contribution in [0.5, 0.6) is 11.5 Å². The Morgan fingerprint density at radius 1 is 1.31 bits per heavy atom. The Labute approximate surface area is 151 Å². The SMILES string of the molecule is CC(CO)Nc1cc(Oc2ccc(C(F)(F)F)cc2Cl)ccc1[N+](=O)[O-]. The van der Waals surface area contributed by atoms with Crippen molar-refractivity contribution < 1.29 is 27.9 Å². The smallest absolute Gasteiger partial charge is 0.416 e. The van der Waals surface area contributed by atoms with Gasteiger partial charge in [0.15, 0.2) is 0 Å². The molecule has 2 rings (SSSR count). The molecule has 0 fully saturated rings. The van der Waals surface area contributed by atoms with Gasteiger partial charge in [-0.3, -0.25) is 10.1 Å². The quantitative estimate of drug-likeness (QED) is 0.544. The minimum absolute atomic E-state index is 0.0327. The zero-order valence-corrected chi connectivity index (χ0v) is 14.1. The number of aliphatic hydroxyl groups is 1. The van der Waals surface area contributed by atoms with Gasteiger partial charge in [-0.2, -0.15) is 13.2 Å². The molecule has 1 atom stereocenters. The Morgan fingerprint density at radius 3 is 2.54 bits per heavy atom. The lowest BCUT2D eigenvalue weighted by Gasteiger charge is -2.15. The molecule has 0 saturated heterocycles. The van der Waals surface area contributed by atoms with E-state index in [4.69, 9.17) is 21.4 Å². The standard InChI is InChI=1S/C16H14ClF3N2O4/c1-9(8-23)21-13-7-11(3-4-14(13)22(24)25)26-15-5-2-10(6-12(15)17)16(18,19)20/h2-7,9,21,23H,8H2,1H3. The van der Waals surface area contributed by atoms with E-state index in [0.29, 0.717) is 0 Å². The van der Waals surface area contributed by atoms with Crippen LogP contribution >= 0.6 is 11.6 Å². The number of hydrogen-bond donors (Lipinski definition) is 2. The second-order valence-electron chi connectivity index (χ2n) is 5.41. The van der Waals surface area contributed by atoms with E-state index in [0.717, 1.165) is 18.2 Å². The van der Waals surface area contributed by atoms with Crippen LogP contribution in [0.1, 0.15) is 12.5 Å². The molecule has 0 heterocycles. The van der Waals surface area contributed by atoms with Gasteiger partial charge in [0.2, 0.25) is 0 Å². The first kappa shape index (κ1) is 19.8. The van der Waals surface area contributed by atoms with E-state index in [1.54, 1.807) is 6.92 Å². The maximum Gasteiger partial charge on any atom is 0.416 e. The highest BCUT2D eigenvalue weighted by atomic mass is 35.5. The molecule has 10 heteroatoms. The summed E-state index contributed by atoms with van der Waals surface area (Å²) in [5.74, 6) is 0.0968. The number of nitrogens with one attached hydrogen (secondary N) is 1. The number of ether oxygens (including phenoxy) is 1. The highest BCUT2D eigenvalue weighted by Gasteiger charge is 2.31. The van der Waals surface area contributed by atoms with Crippen molar-refractivity contribution in [3.8, 4) is 11.5 Å². The molecule has 0 aromatic heterocycles. The van der Waals surface area contributed by atoms with Crippen molar-refractivity contribution in [3.63, 3.8) is 0 Å². The molecule has 0 aliphatic rings. The molecule has 0 aliphatic heterocycles. The molecule has 0 amide bonds. The van der Waals surface area contributed by atoms with E-state index in [1.807, 2.05) is 0 Å². The van der Waals surface area contributed by atoms with Crippen LogP contribution in [0.2, 0.25) is 5.02 Å². The number of nitro benzene ring substituents is 1. The molecule has 0 aliphatic carbocycles. The summed E-state index contributed by atoms with van der Waals surface area (Å²) in [6.07, 6.45) is -4.53. The first-order chi connectivity index (χ1) is 12.1. The number of nitrogens with zero attached hydrogens (tertiary/aromatic N) is 1. The van der Waals surface area contributed by atoms with Crippen LogP contribution in [-0.4, -0.2) is 22.7 Å². The van der Waals surface area contributed by atoms with Crippen molar-refractivity contribution in [1.29, 1.82) is 0 Å². The topological polar surface area (TPSA) is 84.6 Å². The molecule has 26 heavy (non-hydrogen) atoms. The van der Waals surface area contributed by atoms with Crippen LogP contribution in [-0.2, 0) is 6.18 Å². The average Bonchev–Trinajstić information content (AvgIpc) is 2.55. The van der Waals surface area contributed by atoms with Crippen molar-refractivity contribution in [2.75, 3.05) is 11.9 Å². The van der Waals surface area contributed by atoms with Crippen molar-refractivity contribution in [1.82, 2.24) is 0 Å². The third-order valence-corrected chi connectivity index (χ3v) is 3.62. The second kappa shape index (κ2) is 7.79. The minimum Gasteiger partial charge on any atom is -0.456 e. The summed E-state index contributed by atoms with van der Waals surface area (Å²) < 4.78 is 43.4. The maximum absolute atomic E-state index is 12.7. The largest absolute Gasteiger partial charge is 0.456 e. The predicted octanol–water partition coefficient (Wildman–Crippen LogP) is 4.85. The summed E-state index contributed by atoms with van der Waals surface area (Å²) in [7, 11) is 0. The summed E-state index contributed by atoms with van der Waals surface area (Å²) >= 11 is 5.83. The Balaban J connectivity index is 2.32. The summed E-state index contributed by atoms with van der Waals surface area (Å²) in [6, 6.07) is 5.93. The van der Waals surface area contributed by atoms with Crippen LogP contribution in [0.4, 0.5) is 24.5 Å². The zero-order valence-electron chi connectivity index (χ0n) is 13.4. The fourth-order valence-corrected chi connectivity index (χ4v) is 2.27. The number of alkyl halides is 3. The molecule has 2 N–H and O–H groups in total. The van der Waals surface area contributed by atoms with Gasteiger partial charge in [-0.15, -0.1) is 0 Å². The maximum atomic E-state index is 12.7. The lowest BCUT2D eigenvalue weighted by molar-refractivity contribution is -0.384. The molecule has 0 spiro atoms. The number of hydrogen-bond acceptors (Lipinski definition) is 5. The lowest BCUT2D eigenvalue weighted by Crippen LogP contribution is -2.19. The number of nitro groups is 1. The number of anilines is 1. The second-order valence-corrected chi connectivity index (χ2v) is 5.82. The van der Waals surface area contributed by atoms with Crippen LogP contribution in [0, 0.1) is 10.1 Å². The van der Waals surface area contributed by atoms with E-state index in [9.17, 15) is 23.3 Å². The Kier molecular flexibility index (Phi) is 5.94. The van der Waals surface area contributed by atoms with E-state index in [1.165, 1.54) is 18.2 Å². The van der Waals surface area contributed by atoms with Gasteiger partial charge in [-0.1, -0.05) is 11.6 Å². The van der Waals surface area contributed by atoms with Gasteiger partial charge in [-0.25, -0.2) is 0 Å². The summed E-state index contributed by atoms with van der Waals surface area (Å²) in [6.45, 7) is 1.36. The highest BCUT2D eigenvalue weighted by molar-refractivity contribution is 6.32. The molecule has 6 nitrogen and oxygen atoms in total. The van der Waals surface area contributed by atoms with E-state index < -0.39 is 22.7 Å². The Bertz CT molecular complexity index is 815. The van der Waals surface area contributed by atoms with Crippen molar-refractivity contribution >= 4 is 23.0 Å². The van der Waals surface area contributed by atoms with Gasteiger partial charge < -0.3 is 15.2 Å². The fraction of sp³-hybridized carbons (Fsp3) is 0.250. The van der Waals surface area contributed by atoms with E-state index in [2.05, 4.69) is 5.32 Å². The molecule has 2 aromatic rings. The zero-order chi connectivity index (χ0) is 19.5.